The highest BCUT2D eigenvalue weighted by Gasteiger charge is 2.06. The molecule has 0 aromatic heterocycles. The third-order valence-electron chi connectivity index (χ3n) is 2.17. The Morgan fingerprint density at radius 3 is 2.44 bits per heavy atom. The molecule has 0 aliphatic heterocycles. The molecule has 2 rings (SSSR count). The van der Waals surface area contributed by atoms with Crippen molar-refractivity contribution in [3.05, 3.63) is 59.1 Å². The van der Waals surface area contributed by atoms with E-state index in [-0.39, 0.29) is 5.75 Å². The van der Waals surface area contributed by atoms with Gasteiger partial charge in [0.25, 0.3) is 0 Å². The molecule has 2 aromatic carbocycles. The standard InChI is InChI=1S/C13H11ClO2/c14-11-7-4-8-12(15)13(11)16-9-10-5-2-1-3-6-10/h1-8,15H,9H2. The van der Waals surface area contributed by atoms with Gasteiger partial charge in [-0.05, 0) is 17.7 Å². The summed E-state index contributed by atoms with van der Waals surface area (Å²) in [7, 11) is 0. The Morgan fingerprint density at radius 2 is 1.75 bits per heavy atom. The Morgan fingerprint density at radius 1 is 1.00 bits per heavy atom. The van der Waals surface area contributed by atoms with Crippen molar-refractivity contribution >= 4 is 11.6 Å². The molecule has 2 nitrogen and oxygen atoms in total. The zero-order valence-electron chi connectivity index (χ0n) is 8.56. The van der Waals surface area contributed by atoms with Crippen LogP contribution in [-0.4, -0.2) is 5.11 Å². The van der Waals surface area contributed by atoms with Crippen LogP contribution in [0.2, 0.25) is 5.02 Å². The molecule has 0 aliphatic carbocycles. The lowest BCUT2D eigenvalue weighted by Gasteiger charge is -2.09. The summed E-state index contributed by atoms with van der Waals surface area (Å²) >= 11 is 5.91. The fourth-order valence-electron chi connectivity index (χ4n) is 1.37. The molecule has 0 heterocycles. The molecular weight excluding hydrogens is 224 g/mol. The molecular formula is C13H11ClO2. The minimum absolute atomic E-state index is 0.0587. The summed E-state index contributed by atoms with van der Waals surface area (Å²) in [5, 5.41) is 9.97. The van der Waals surface area contributed by atoms with Crippen molar-refractivity contribution in [1.82, 2.24) is 0 Å². The lowest BCUT2D eigenvalue weighted by atomic mass is 10.2. The molecule has 1 N–H and O–H groups in total. The maximum absolute atomic E-state index is 9.56. The first-order chi connectivity index (χ1) is 7.77. The van der Waals surface area contributed by atoms with Crippen LogP contribution in [-0.2, 0) is 6.61 Å². The van der Waals surface area contributed by atoms with E-state index in [0.29, 0.717) is 17.4 Å². The highest BCUT2D eigenvalue weighted by atomic mass is 35.5. The average molecular weight is 235 g/mol. The average Bonchev–Trinajstić information content (AvgIpc) is 2.30. The summed E-state index contributed by atoms with van der Waals surface area (Å²) in [5.41, 5.74) is 1.03. The van der Waals surface area contributed by atoms with E-state index in [4.69, 9.17) is 16.3 Å². The van der Waals surface area contributed by atoms with Gasteiger partial charge in [0.2, 0.25) is 0 Å². The molecule has 0 radical (unpaired) electrons. The van der Waals surface area contributed by atoms with Gasteiger partial charge in [0, 0.05) is 0 Å². The predicted molar refractivity (Wildman–Crippen MR) is 63.9 cm³/mol. The van der Waals surface area contributed by atoms with Crippen LogP contribution in [0.1, 0.15) is 5.56 Å². The number of hydrogen-bond acceptors (Lipinski definition) is 2. The van der Waals surface area contributed by atoms with E-state index in [2.05, 4.69) is 0 Å². The largest absolute Gasteiger partial charge is 0.504 e. The minimum atomic E-state index is 0.0587. The van der Waals surface area contributed by atoms with Crippen LogP contribution in [0.25, 0.3) is 0 Å². The summed E-state index contributed by atoms with van der Waals surface area (Å²) < 4.78 is 5.47. The van der Waals surface area contributed by atoms with Crippen LogP contribution in [0.4, 0.5) is 0 Å². The van der Waals surface area contributed by atoms with Crippen molar-refractivity contribution in [1.29, 1.82) is 0 Å². The molecule has 16 heavy (non-hydrogen) atoms. The Kier molecular flexibility index (Phi) is 3.32. The van der Waals surface area contributed by atoms with Gasteiger partial charge in [0.05, 0.1) is 5.02 Å². The molecule has 0 bridgehead atoms. The smallest absolute Gasteiger partial charge is 0.179 e. The predicted octanol–water partition coefficient (Wildman–Crippen LogP) is 3.62. The van der Waals surface area contributed by atoms with Crippen LogP contribution >= 0.6 is 11.6 Å². The van der Waals surface area contributed by atoms with Gasteiger partial charge < -0.3 is 9.84 Å². The van der Waals surface area contributed by atoms with Crippen molar-refractivity contribution in [3.8, 4) is 11.5 Å². The Balaban J connectivity index is 2.11. The number of ether oxygens (including phenoxy) is 1. The van der Waals surface area contributed by atoms with E-state index < -0.39 is 0 Å². The SMILES string of the molecule is Oc1cccc(Cl)c1OCc1ccccc1. The van der Waals surface area contributed by atoms with Gasteiger partial charge in [-0.1, -0.05) is 48.0 Å². The quantitative estimate of drug-likeness (QED) is 0.879. The van der Waals surface area contributed by atoms with Gasteiger partial charge >= 0.3 is 0 Å². The molecule has 3 heteroatoms. The van der Waals surface area contributed by atoms with Crippen molar-refractivity contribution in [2.24, 2.45) is 0 Å². The van der Waals surface area contributed by atoms with Crippen molar-refractivity contribution in [2.75, 3.05) is 0 Å². The third kappa shape index (κ3) is 2.47. The summed E-state index contributed by atoms with van der Waals surface area (Å²) in [4.78, 5) is 0. The van der Waals surface area contributed by atoms with E-state index in [1.165, 1.54) is 0 Å². The van der Waals surface area contributed by atoms with Crippen molar-refractivity contribution in [2.45, 2.75) is 6.61 Å². The topological polar surface area (TPSA) is 29.5 Å². The van der Waals surface area contributed by atoms with Crippen LogP contribution < -0.4 is 4.74 Å². The van der Waals surface area contributed by atoms with Crippen LogP contribution in [0.15, 0.2) is 48.5 Å². The molecule has 82 valence electrons. The maximum Gasteiger partial charge on any atom is 0.179 e. The number of aromatic hydroxyl groups is 1. The van der Waals surface area contributed by atoms with E-state index in [1.807, 2.05) is 30.3 Å². The highest BCUT2D eigenvalue weighted by molar-refractivity contribution is 6.32. The van der Waals surface area contributed by atoms with E-state index >= 15 is 0 Å². The zero-order chi connectivity index (χ0) is 11.4. The number of hydrogen-bond donors (Lipinski definition) is 1. The molecule has 0 aliphatic rings. The molecule has 0 amide bonds. The van der Waals surface area contributed by atoms with Gasteiger partial charge in [-0.15, -0.1) is 0 Å². The van der Waals surface area contributed by atoms with Gasteiger partial charge in [-0.25, -0.2) is 0 Å². The summed E-state index contributed by atoms with van der Waals surface area (Å²) in [6, 6.07) is 14.6. The number of benzene rings is 2. The minimum Gasteiger partial charge on any atom is -0.504 e. The molecule has 0 atom stereocenters. The van der Waals surface area contributed by atoms with E-state index in [9.17, 15) is 5.11 Å². The zero-order valence-corrected chi connectivity index (χ0v) is 9.32. The molecule has 0 fully saturated rings. The number of phenolic OH excluding ortho intramolecular Hbond substituents is 1. The van der Waals surface area contributed by atoms with Gasteiger partial charge in [0.15, 0.2) is 11.5 Å². The van der Waals surface area contributed by atoms with Gasteiger partial charge in [-0.2, -0.15) is 0 Å². The first-order valence-corrected chi connectivity index (χ1v) is 5.29. The summed E-state index contributed by atoms with van der Waals surface area (Å²) in [6.45, 7) is 0.387. The van der Waals surface area contributed by atoms with Gasteiger partial charge in [0.1, 0.15) is 6.61 Å². The summed E-state index contributed by atoms with van der Waals surface area (Å²) in [5.74, 6) is 0.386. The molecule has 0 saturated carbocycles. The van der Waals surface area contributed by atoms with Crippen molar-refractivity contribution in [3.63, 3.8) is 0 Å². The Bertz CT molecular complexity index is 448. The molecule has 0 saturated heterocycles. The number of halogens is 1. The second-order valence-electron chi connectivity index (χ2n) is 3.36. The highest BCUT2D eigenvalue weighted by Crippen LogP contribution is 2.34. The van der Waals surface area contributed by atoms with Crippen LogP contribution in [0, 0.1) is 0 Å². The second-order valence-corrected chi connectivity index (χ2v) is 3.77. The Hall–Kier alpha value is -1.67. The third-order valence-corrected chi connectivity index (χ3v) is 2.47. The lowest BCUT2D eigenvalue weighted by molar-refractivity contribution is 0.289. The van der Waals surface area contributed by atoms with Crippen LogP contribution in [0.3, 0.4) is 0 Å². The van der Waals surface area contributed by atoms with Crippen LogP contribution in [0.5, 0.6) is 11.5 Å². The fourth-order valence-corrected chi connectivity index (χ4v) is 1.59. The normalized spacial score (nSPS) is 10.1. The monoisotopic (exact) mass is 234 g/mol. The lowest BCUT2D eigenvalue weighted by Crippen LogP contribution is -1.95. The van der Waals surface area contributed by atoms with Crippen molar-refractivity contribution < 1.29 is 9.84 Å². The number of phenols is 1. The van der Waals surface area contributed by atoms with E-state index in [0.717, 1.165) is 5.56 Å². The molecule has 0 unspecified atom stereocenters. The fraction of sp³-hybridized carbons (Fsp3) is 0.0769. The Labute approximate surface area is 99.1 Å². The molecule has 2 aromatic rings. The first-order valence-electron chi connectivity index (χ1n) is 4.91. The number of para-hydroxylation sites is 1. The van der Waals surface area contributed by atoms with E-state index in [1.54, 1.807) is 18.2 Å². The summed E-state index contributed by atoms with van der Waals surface area (Å²) in [6.07, 6.45) is 0. The maximum atomic E-state index is 9.56. The molecule has 0 spiro atoms. The first kappa shape index (κ1) is 10.8. The second kappa shape index (κ2) is 4.90. The number of rotatable bonds is 3. The van der Waals surface area contributed by atoms with Gasteiger partial charge in [-0.3, -0.25) is 0 Å².